The van der Waals surface area contributed by atoms with Gasteiger partial charge in [0, 0.05) is 19.3 Å². The van der Waals surface area contributed by atoms with Gasteiger partial charge in [-0.1, -0.05) is 37.1 Å². The summed E-state index contributed by atoms with van der Waals surface area (Å²) in [5, 5.41) is 3.36. The molecule has 4 nitrogen and oxygen atoms in total. The first-order chi connectivity index (χ1) is 11.3. The molecule has 0 radical (unpaired) electrons. The molecule has 4 heteroatoms. The van der Waals surface area contributed by atoms with Crippen LogP contribution in [0.1, 0.15) is 42.5 Å². The molecule has 0 unspecified atom stereocenters. The number of rotatable bonds is 5. The van der Waals surface area contributed by atoms with Crippen LogP contribution < -0.4 is 5.32 Å². The summed E-state index contributed by atoms with van der Waals surface area (Å²) in [5.41, 5.74) is 3.63. The van der Waals surface area contributed by atoms with Gasteiger partial charge < -0.3 is 5.32 Å². The van der Waals surface area contributed by atoms with Crippen LogP contribution in [0.4, 0.5) is 5.82 Å². The monoisotopic (exact) mass is 310 g/mol. The van der Waals surface area contributed by atoms with Gasteiger partial charge in [-0.2, -0.15) is 0 Å². The molecular weight excluding hydrogens is 284 g/mol. The quantitative estimate of drug-likeness (QED) is 0.912. The first-order valence-electron chi connectivity index (χ1n) is 8.62. The highest BCUT2D eigenvalue weighted by Gasteiger charge is 2.09. The van der Waals surface area contributed by atoms with E-state index in [2.05, 4.69) is 44.5 Å². The van der Waals surface area contributed by atoms with Gasteiger partial charge >= 0.3 is 0 Å². The van der Waals surface area contributed by atoms with Crippen LogP contribution in [-0.4, -0.2) is 28.0 Å². The van der Waals surface area contributed by atoms with Gasteiger partial charge in [0.05, 0.1) is 11.9 Å². The van der Waals surface area contributed by atoms with Crippen LogP contribution in [0.2, 0.25) is 0 Å². The molecule has 1 aliphatic rings. The number of benzene rings is 1. The molecule has 23 heavy (non-hydrogen) atoms. The Morgan fingerprint density at radius 3 is 2.61 bits per heavy atom. The smallest absolute Gasteiger partial charge is 0.145 e. The van der Waals surface area contributed by atoms with E-state index in [4.69, 9.17) is 0 Å². The predicted octanol–water partition coefficient (Wildman–Crippen LogP) is 3.77. The van der Waals surface area contributed by atoms with Crippen LogP contribution in [0.15, 0.2) is 36.7 Å². The summed E-state index contributed by atoms with van der Waals surface area (Å²) in [6, 6.07) is 8.87. The zero-order chi connectivity index (χ0) is 15.9. The summed E-state index contributed by atoms with van der Waals surface area (Å²) in [6.07, 6.45) is 9.00. The maximum atomic E-state index is 4.43. The molecule has 3 rings (SSSR count). The lowest BCUT2D eigenvalue weighted by atomic mass is 10.1. The van der Waals surface area contributed by atoms with Crippen LogP contribution in [0.3, 0.4) is 0 Å². The normalized spacial score (nSPS) is 16.0. The average molecular weight is 310 g/mol. The van der Waals surface area contributed by atoms with E-state index in [1.807, 2.05) is 6.92 Å². The maximum Gasteiger partial charge on any atom is 0.145 e. The summed E-state index contributed by atoms with van der Waals surface area (Å²) >= 11 is 0. The number of likely N-dealkylation sites (tertiary alicyclic amines) is 1. The topological polar surface area (TPSA) is 41.1 Å². The Labute approximate surface area is 139 Å². The van der Waals surface area contributed by atoms with E-state index in [-0.39, 0.29) is 0 Å². The number of anilines is 1. The number of nitrogens with zero attached hydrogens (tertiary/aromatic N) is 3. The summed E-state index contributed by atoms with van der Waals surface area (Å²) < 4.78 is 0. The molecule has 1 N–H and O–H groups in total. The largest absolute Gasteiger partial charge is 0.365 e. The molecule has 0 bridgehead atoms. The second kappa shape index (κ2) is 8.06. The Kier molecular flexibility index (Phi) is 5.59. The first-order valence-corrected chi connectivity index (χ1v) is 8.62. The van der Waals surface area contributed by atoms with Gasteiger partial charge in [0.1, 0.15) is 5.82 Å². The first kappa shape index (κ1) is 15.9. The number of hydrogen-bond acceptors (Lipinski definition) is 4. The third kappa shape index (κ3) is 5.03. The molecule has 1 aliphatic heterocycles. The van der Waals surface area contributed by atoms with Crippen LogP contribution >= 0.6 is 0 Å². The maximum absolute atomic E-state index is 4.43. The van der Waals surface area contributed by atoms with Gasteiger partial charge in [-0.3, -0.25) is 9.88 Å². The zero-order valence-corrected chi connectivity index (χ0v) is 14.0. The van der Waals surface area contributed by atoms with Gasteiger partial charge in [0.25, 0.3) is 0 Å². The summed E-state index contributed by atoms with van der Waals surface area (Å²) in [6.45, 7) is 6.28. The van der Waals surface area contributed by atoms with Crippen molar-refractivity contribution in [1.82, 2.24) is 14.9 Å². The van der Waals surface area contributed by atoms with Crippen molar-refractivity contribution in [1.29, 1.82) is 0 Å². The molecule has 1 aromatic heterocycles. The fraction of sp³-hybridized carbons (Fsp3) is 0.474. The fourth-order valence-corrected chi connectivity index (χ4v) is 3.13. The number of aromatic nitrogens is 2. The Morgan fingerprint density at radius 2 is 1.83 bits per heavy atom. The summed E-state index contributed by atoms with van der Waals surface area (Å²) in [5.74, 6) is 0.836. The Balaban J connectivity index is 1.58. The van der Waals surface area contributed by atoms with Crippen LogP contribution in [-0.2, 0) is 13.1 Å². The molecule has 1 aromatic carbocycles. The van der Waals surface area contributed by atoms with Crippen molar-refractivity contribution in [2.75, 3.05) is 18.4 Å². The lowest BCUT2D eigenvalue weighted by molar-refractivity contribution is 0.277. The Hall–Kier alpha value is -1.94. The number of hydrogen-bond donors (Lipinski definition) is 1. The molecule has 1 fully saturated rings. The van der Waals surface area contributed by atoms with E-state index >= 15 is 0 Å². The average Bonchev–Trinajstić information content (AvgIpc) is 2.82. The SMILES string of the molecule is Cc1cncc(NCc2cccc(CN3CCCCCC3)c2)n1. The van der Waals surface area contributed by atoms with Crippen molar-refractivity contribution in [2.24, 2.45) is 0 Å². The standard InChI is InChI=1S/C19H26N4/c1-16-12-20-14-19(22-16)21-13-17-7-6-8-18(11-17)15-23-9-4-2-3-5-10-23/h6-8,11-12,14H,2-5,9-10,13,15H2,1H3,(H,21,22). The molecule has 0 atom stereocenters. The lowest BCUT2D eigenvalue weighted by Gasteiger charge is -2.20. The van der Waals surface area contributed by atoms with Gasteiger partial charge in [-0.15, -0.1) is 0 Å². The van der Waals surface area contributed by atoms with Crippen molar-refractivity contribution in [3.63, 3.8) is 0 Å². The third-order valence-electron chi connectivity index (χ3n) is 4.32. The minimum Gasteiger partial charge on any atom is -0.365 e. The van der Waals surface area contributed by atoms with E-state index in [1.165, 1.54) is 49.9 Å². The van der Waals surface area contributed by atoms with E-state index in [0.717, 1.165) is 24.6 Å². The van der Waals surface area contributed by atoms with Gasteiger partial charge in [0.15, 0.2) is 0 Å². The third-order valence-corrected chi connectivity index (χ3v) is 4.32. The van der Waals surface area contributed by atoms with Crippen LogP contribution in [0.5, 0.6) is 0 Å². The molecule has 0 amide bonds. The molecule has 122 valence electrons. The summed E-state index contributed by atoms with van der Waals surface area (Å²) in [4.78, 5) is 11.2. The van der Waals surface area contributed by atoms with Gasteiger partial charge in [-0.05, 0) is 44.0 Å². The van der Waals surface area contributed by atoms with Crippen LogP contribution in [0.25, 0.3) is 0 Å². The van der Waals surface area contributed by atoms with Crippen LogP contribution in [0, 0.1) is 6.92 Å². The van der Waals surface area contributed by atoms with E-state index in [9.17, 15) is 0 Å². The highest BCUT2D eigenvalue weighted by molar-refractivity contribution is 5.34. The highest BCUT2D eigenvalue weighted by atomic mass is 15.1. The molecule has 2 heterocycles. The van der Waals surface area contributed by atoms with E-state index in [1.54, 1.807) is 12.4 Å². The Morgan fingerprint density at radius 1 is 1.04 bits per heavy atom. The minimum absolute atomic E-state index is 0.784. The van der Waals surface area contributed by atoms with Crippen molar-refractivity contribution in [2.45, 2.75) is 45.7 Å². The molecule has 2 aromatic rings. The second-order valence-corrected chi connectivity index (χ2v) is 6.41. The minimum atomic E-state index is 0.784. The molecule has 1 saturated heterocycles. The van der Waals surface area contributed by atoms with Crippen molar-refractivity contribution < 1.29 is 0 Å². The van der Waals surface area contributed by atoms with Crippen molar-refractivity contribution in [3.05, 3.63) is 53.5 Å². The highest BCUT2D eigenvalue weighted by Crippen LogP contribution is 2.15. The lowest BCUT2D eigenvalue weighted by Crippen LogP contribution is -2.24. The van der Waals surface area contributed by atoms with E-state index < -0.39 is 0 Å². The fourth-order valence-electron chi connectivity index (χ4n) is 3.13. The van der Waals surface area contributed by atoms with Crippen molar-refractivity contribution in [3.8, 4) is 0 Å². The second-order valence-electron chi connectivity index (χ2n) is 6.41. The Bertz CT molecular complexity index is 618. The number of aryl methyl sites for hydroxylation is 1. The van der Waals surface area contributed by atoms with E-state index in [0.29, 0.717) is 0 Å². The predicted molar refractivity (Wildman–Crippen MR) is 94.3 cm³/mol. The molecule has 0 aliphatic carbocycles. The summed E-state index contributed by atoms with van der Waals surface area (Å²) in [7, 11) is 0. The molecule has 0 saturated carbocycles. The van der Waals surface area contributed by atoms with Gasteiger partial charge in [-0.25, -0.2) is 4.98 Å². The van der Waals surface area contributed by atoms with Crippen molar-refractivity contribution >= 4 is 5.82 Å². The van der Waals surface area contributed by atoms with Gasteiger partial charge in [0.2, 0.25) is 0 Å². The molecule has 0 spiro atoms. The zero-order valence-electron chi connectivity index (χ0n) is 14.0. The molecular formula is C19H26N4. The number of nitrogens with one attached hydrogen (secondary N) is 1.